The van der Waals surface area contributed by atoms with E-state index in [1.807, 2.05) is 36.9 Å². The SMILES string of the molecule is CCCCN(Cc1cccnc1)Cc1cccnc1. The van der Waals surface area contributed by atoms with Gasteiger partial charge in [-0.3, -0.25) is 14.9 Å². The average molecular weight is 255 g/mol. The largest absolute Gasteiger partial charge is 0.295 e. The minimum Gasteiger partial charge on any atom is -0.295 e. The van der Waals surface area contributed by atoms with Crippen LogP contribution in [0.4, 0.5) is 0 Å². The Kier molecular flexibility index (Phi) is 5.50. The summed E-state index contributed by atoms with van der Waals surface area (Å²) in [6.45, 7) is 5.23. The minimum atomic E-state index is 0.947. The lowest BCUT2D eigenvalue weighted by Crippen LogP contribution is -2.24. The lowest BCUT2D eigenvalue weighted by molar-refractivity contribution is 0.252. The molecule has 0 aliphatic rings. The molecule has 3 nitrogen and oxygen atoms in total. The molecule has 2 rings (SSSR count). The number of aromatic nitrogens is 2. The van der Waals surface area contributed by atoms with E-state index >= 15 is 0 Å². The van der Waals surface area contributed by atoms with Gasteiger partial charge in [0.1, 0.15) is 0 Å². The topological polar surface area (TPSA) is 29.0 Å². The summed E-state index contributed by atoms with van der Waals surface area (Å²) in [4.78, 5) is 10.8. The van der Waals surface area contributed by atoms with Gasteiger partial charge >= 0.3 is 0 Å². The third-order valence-corrected chi connectivity index (χ3v) is 3.09. The first kappa shape index (κ1) is 13.7. The fraction of sp³-hybridized carbons (Fsp3) is 0.375. The third kappa shape index (κ3) is 4.79. The van der Waals surface area contributed by atoms with Gasteiger partial charge in [-0.15, -0.1) is 0 Å². The first-order chi connectivity index (χ1) is 9.38. The summed E-state index contributed by atoms with van der Waals surface area (Å²) in [7, 11) is 0. The Morgan fingerprint density at radius 2 is 1.53 bits per heavy atom. The molecule has 0 saturated carbocycles. The molecule has 3 heteroatoms. The molecule has 0 aromatic carbocycles. The highest BCUT2D eigenvalue weighted by molar-refractivity contribution is 5.11. The second-order valence-electron chi connectivity index (χ2n) is 4.79. The molecule has 0 N–H and O–H groups in total. The second kappa shape index (κ2) is 7.64. The van der Waals surface area contributed by atoms with Gasteiger partial charge in [-0.2, -0.15) is 0 Å². The van der Waals surface area contributed by atoms with Gasteiger partial charge in [0.05, 0.1) is 0 Å². The van der Waals surface area contributed by atoms with Crippen LogP contribution in [0.2, 0.25) is 0 Å². The van der Waals surface area contributed by atoms with Crippen LogP contribution >= 0.6 is 0 Å². The van der Waals surface area contributed by atoms with E-state index in [9.17, 15) is 0 Å². The zero-order valence-corrected chi connectivity index (χ0v) is 11.5. The van der Waals surface area contributed by atoms with Gasteiger partial charge < -0.3 is 0 Å². The molecule has 100 valence electrons. The molecule has 0 spiro atoms. The van der Waals surface area contributed by atoms with Gasteiger partial charge in [0.25, 0.3) is 0 Å². The molecular weight excluding hydrogens is 234 g/mol. The average Bonchev–Trinajstić information content (AvgIpc) is 2.47. The molecule has 0 aliphatic carbocycles. The molecule has 0 radical (unpaired) electrons. The number of unbranched alkanes of at least 4 members (excludes halogenated alkanes) is 1. The molecule has 0 amide bonds. The molecule has 0 fully saturated rings. The van der Waals surface area contributed by atoms with E-state index in [-0.39, 0.29) is 0 Å². The van der Waals surface area contributed by atoms with Crippen molar-refractivity contribution in [1.82, 2.24) is 14.9 Å². The Morgan fingerprint density at radius 3 is 1.95 bits per heavy atom. The van der Waals surface area contributed by atoms with Crippen LogP contribution in [0.25, 0.3) is 0 Å². The van der Waals surface area contributed by atoms with Crippen LogP contribution in [0.3, 0.4) is 0 Å². The summed E-state index contributed by atoms with van der Waals surface area (Å²) >= 11 is 0. The lowest BCUT2D eigenvalue weighted by atomic mass is 10.2. The third-order valence-electron chi connectivity index (χ3n) is 3.09. The summed E-state index contributed by atoms with van der Waals surface area (Å²) in [5.41, 5.74) is 2.53. The summed E-state index contributed by atoms with van der Waals surface area (Å²) in [6, 6.07) is 8.26. The zero-order valence-electron chi connectivity index (χ0n) is 11.5. The number of nitrogens with zero attached hydrogens (tertiary/aromatic N) is 3. The van der Waals surface area contributed by atoms with Crippen molar-refractivity contribution in [1.29, 1.82) is 0 Å². The van der Waals surface area contributed by atoms with Gasteiger partial charge in [0, 0.05) is 37.9 Å². The normalized spacial score (nSPS) is 10.8. The maximum Gasteiger partial charge on any atom is 0.0312 e. The maximum absolute atomic E-state index is 4.19. The molecule has 0 saturated heterocycles. The van der Waals surface area contributed by atoms with Crippen molar-refractivity contribution in [2.45, 2.75) is 32.9 Å². The fourth-order valence-electron chi connectivity index (χ4n) is 2.10. The number of pyridine rings is 2. The highest BCUT2D eigenvalue weighted by Gasteiger charge is 2.06. The summed E-state index contributed by atoms with van der Waals surface area (Å²) < 4.78 is 0. The van der Waals surface area contributed by atoms with Crippen molar-refractivity contribution in [2.75, 3.05) is 6.54 Å². The standard InChI is InChI=1S/C16H21N3/c1-2-3-10-19(13-15-6-4-8-17-11-15)14-16-7-5-9-18-12-16/h4-9,11-12H,2-3,10,13-14H2,1H3. The number of hydrogen-bond donors (Lipinski definition) is 0. The molecule has 2 aromatic heterocycles. The van der Waals surface area contributed by atoms with Gasteiger partial charge in [-0.25, -0.2) is 0 Å². The zero-order chi connectivity index (χ0) is 13.3. The molecule has 2 heterocycles. The smallest absolute Gasteiger partial charge is 0.0312 e. The first-order valence-electron chi connectivity index (χ1n) is 6.88. The molecule has 0 atom stereocenters. The van der Waals surface area contributed by atoms with E-state index in [1.165, 1.54) is 24.0 Å². The second-order valence-corrected chi connectivity index (χ2v) is 4.79. The van der Waals surface area contributed by atoms with Crippen LogP contribution in [0.5, 0.6) is 0 Å². The number of hydrogen-bond acceptors (Lipinski definition) is 3. The van der Waals surface area contributed by atoms with E-state index in [0.29, 0.717) is 0 Å². The van der Waals surface area contributed by atoms with Crippen molar-refractivity contribution in [3.8, 4) is 0 Å². The Labute approximate surface area is 115 Å². The van der Waals surface area contributed by atoms with E-state index in [4.69, 9.17) is 0 Å². The Bertz CT molecular complexity index is 414. The molecule has 0 bridgehead atoms. The van der Waals surface area contributed by atoms with Crippen molar-refractivity contribution in [3.05, 3.63) is 60.2 Å². The van der Waals surface area contributed by atoms with Crippen molar-refractivity contribution < 1.29 is 0 Å². The van der Waals surface area contributed by atoms with E-state index in [0.717, 1.165) is 19.6 Å². The summed E-state index contributed by atoms with van der Waals surface area (Å²) in [5, 5.41) is 0. The van der Waals surface area contributed by atoms with Gasteiger partial charge in [-0.05, 0) is 36.2 Å². The molecule has 0 unspecified atom stereocenters. The number of rotatable bonds is 7. The van der Waals surface area contributed by atoms with Gasteiger partial charge in [0.2, 0.25) is 0 Å². The summed E-state index contributed by atoms with van der Waals surface area (Å²) in [5.74, 6) is 0. The monoisotopic (exact) mass is 255 g/mol. The first-order valence-corrected chi connectivity index (χ1v) is 6.88. The Hall–Kier alpha value is -1.74. The van der Waals surface area contributed by atoms with Gasteiger partial charge in [-0.1, -0.05) is 25.5 Å². The Morgan fingerprint density at radius 1 is 0.947 bits per heavy atom. The fourth-order valence-corrected chi connectivity index (χ4v) is 2.10. The van der Waals surface area contributed by atoms with Crippen molar-refractivity contribution >= 4 is 0 Å². The maximum atomic E-state index is 4.19. The van der Waals surface area contributed by atoms with E-state index in [2.05, 4.69) is 33.9 Å². The van der Waals surface area contributed by atoms with Crippen molar-refractivity contribution in [2.24, 2.45) is 0 Å². The molecule has 2 aromatic rings. The minimum absolute atomic E-state index is 0.947. The quantitative estimate of drug-likeness (QED) is 0.760. The van der Waals surface area contributed by atoms with E-state index in [1.54, 1.807) is 0 Å². The van der Waals surface area contributed by atoms with Crippen LogP contribution in [0.15, 0.2) is 49.1 Å². The molecular formula is C16H21N3. The van der Waals surface area contributed by atoms with Crippen LogP contribution in [-0.2, 0) is 13.1 Å². The predicted octanol–water partition coefficient (Wildman–Crippen LogP) is 3.28. The van der Waals surface area contributed by atoms with Crippen LogP contribution in [0.1, 0.15) is 30.9 Å². The highest BCUT2D eigenvalue weighted by Crippen LogP contribution is 2.09. The molecule has 19 heavy (non-hydrogen) atoms. The highest BCUT2D eigenvalue weighted by atomic mass is 15.1. The van der Waals surface area contributed by atoms with Crippen LogP contribution in [-0.4, -0.2) is 21.4 Å². The summed E-state index contributed by atoms with van der Waals surface area (Å²) in [6.07, 6.45) is 9.98. The predicted molar refractivity (Wildman–Crippen MR) is 77.5 cm³/mol. The van der Waals surface area contributed by atoms with Crippen LogP contribution in [0, 0.1) is 0 Å². The van der Waals surface area contributed by atoms with Crippen molar-refractivity contribution in [3.63, 3.8) is 0 Å². The lowest BCUT2D eigenvalue weighted by Gasteiger charge is -2.22. The van der Waals surface area contributed by atoms with Crippen LogP contribution < -0.4 is 0 Å². The van der Waals surface area contributed by atoms with Gasteiger partial charge in [0.15, 0.2) is 0 Å². The Balaban J connectivity index is 1.99. The van der Waals surface area contributed by atoms with E-state index < -0.39 is 0 Å². The molecule has 0 aliphatic heterocycles.